The molecule has 0 saturated carbocycles. The lowest BCUT2D eigenvalue weighted by Crippen LogP contribution is -2.36. The fraction of sp³-hybridized carbons (Fsp3) is 0.111. The molecule has 1 aliphatic heterocycles. The van der Waals surface area contributed by atoms with Crippen molar-refractivity contribution in [3.05, 3.63) is 83.2 Å². The first-order valence-corrected chi connectivity index (χ1v) is 10.7. The largest absolute Gasteiger partial charge is 0.379 e. The lowest BCUT2D eigenvalue weighted by Gasteiger charge is -2.21. The van der Waals surface area contributed by atoms with Crippen molar-refractivity contribution >= 4 is 33.2 Å². The van der Waals surface area contributed by atoms with Gasteiger partial charge in [0.1, 0.15) is 5.69 Å². The van der Waals surface area contributed by atoms with E-state index in [1.54, 1.807) is 23.9 Å². The summed E-state index contributed by atoms with van der Waals surface area (Å²) >= 11 is 1.62. The standard InChI is InChI=1S/C18H18N4O4S2/c23-22(24)18-14-16(28(25,26)21-12-5-4-10-20-21)8-9-17(18)19-11-13-27-15-6-2-1-3-7-15/h1-10,12,14,19-20H,11,13H2. The van der Waals surface area contributed by atoms with E-state index in [1.807, 2.05) is 30.3 Å². The van der Waals surface area contributed by atoms with E-state index in [0.29, 0.717) is 12.3 Å². The van der Waals surface area contributed by atoms with Gasteiger partial charge in [0.25, 0.3) is 15.7 Å². The molecule has 0 bridgehead atoms. The van der Waals surface area contributed by atoms with Gasteiger partial charge in [-0.2, -0.15) is 12.8 Å². The molecule has 0 unspecified atom stereocenters. The Balaban J connectivity index is 1.71. The summed E-state index contributed by atoms with van der Waals surface area (Å²) in [5.74, 6) is 0.704. The quantitative estimate of drug-likeness (QED) is 0.293. The number of anilines is 1. The predicted molar refractivity (Wildman–Crippen MR) is 109 cm³/mol. The molecular formula is C18H18N4O4S2. The highest BCUT2D eigenvalue weighted by Gasteiger charge is 2.25. The van der Waals surface area contributed by atoms with Crippen molar-refractivity contribution in [1.82, 2.24) is 9.84 Å². The van der Waals surface area contributed by atoms with E-state index >= 15 is 0 Å². The molecule has 3 rings (SSSR count). The second-order valence-corrected chi connectivity index (χ2v) is 8.64. The van der Waals surface area contributed by atoms with E-state index in [9.17, 15) is 18.5 Å². The van der Waals surface area contributed by atoms with Crippen molar-refractivity contribution in [2.45, 2.75) is 9.79 Å². The third-order valence-corrected chi connectivity index (χ3v) is 6.39. The molecule has 0 spiro atoms. The van der Waals surface area contributed by atoms with Gasteiger partial charge in [0.15, 0.2) is 0 Å². The zero-order valence-corrected chi connectivity index (χ0v) is 16.3. The summed E-state index contributed by atoms with van der Waals surface area (Å²) in [5.41, 5.74) is 2.56. The zero-order chi connectivity index (χ0) is 20.0. The molecule has 0 radical (unpaired) electrons. The number of thioether (sulfide) groups is 1. The molecule has 0 amide bonds. The van der Waals surface area contributed by atoms with Gasteiger partial charge in [0, 0.05) is 35.7 Å². The van der Waals surface area contributed by atoms with Crippen LogP contribution in [0.15, 0.2) is 82.9 Å². The van der Waals surface area contributed by atoms with Crippen LogP contribution in [0.5, 0.6) is 0 Å². The van der Waals surface area contributed by atoms with E-state index in [4.69, 9.17) is 0 Å². The van der Waals surface area contributed by atoms with Crippen LogP contribution in [0.25, 0.3) is 0 Å². The third-order valence-electron chi connectivity index (χ3n) is 3.78. The van der Waals surface area contributed by atoms with E-state index in [0.717, 1.165) is 15.4 Å². The Hall–Kier alpha value is -2.98. The van der Waals surface area contributed by atoms with Crippen LogP contribution in [-0.2, 0) is 10.0 Å². The molecule has 2 aromatic rings. The number of nitrogens with zero attached hydrogens (tertiary/aromatic N) is 2. The Kier molecular flexibility index (Phi) is 6.22. The molecular weight excluding hydrogens is 400 g/mol. The maximum atomic E-state index is 12.6. The van der Waals surface area contributed by atoms with Gasteiger partial charge < -0.3 is 5.32 Å². The van der Waals surface area contributed by atoms with Gasteiger partial charge in [-0.1, -0.05) is 18.2 Å². The van der Waals surface area contributed by atoms with Crippen LogP contribution in [-0.4, -0.2) is 30.1 Å². The van der Waals surface area contributed by atoms with Gasteiger partial charge in [-0.25, -0.2) is 0 Å². The number of nitro groups is 1. The topological polar surface area (TPSA) is 105 Å². The molecule has 10 heteroatoms. The van der Waals surface area contributed by atoms with Crippen LogP contribution in [0.1, 0.15) is 0 Å². The fourth-order valence-electron chi connectivity index (χ4n) is 2.45. The van der Waals surface area contributed by atoms with Crippen LogP contribution >= 0.6 is 11.8 Å². The highest BCUT2D eigenvalue weighted by atomic mass is 32.2. The Labute approximate surface area is 167 Å². The van der Waals surface area contributed by atoms with Crippen molar-refractivity contribution < 1.29 is 13.3 Å². The molecule has 2 N–H and O–H groups in total. The smallest absolute Gasteiger partial charge is 0.293 e. The van der Waals surface area contributed by atoms with Crippen LogP contribution in [0, 0.1) is 10.1 Å². The summed E-state index contributed by atoms with van der Waals surface area (Å²) in [6.45, 7) is 0.494. The third kappa shape index (κ3) is 4.65. The van der Waals surface area contributed by atoms with Crippen molar-refractivity contribution in [2.24, 2.45) is 0 Å². The van der Waals surface area contributed by atoms with Crippen LogP contribution in [0.3, 0.4) is 0 Å². The summed E-state index contributed by atoms with van der Waals surface area (Å²) in [5, 5.41) is 14.5. The highest BCUT2D eigenvalue weighted by molar-refractivity contribution is 7.99. The predicted octanol–water partition coefficient (Wildman–Crippen LogP) is 3.34. The zero-order valence-electron chi connectivity index (χ0n) is 14.7. The normalized spacial score (nSPS) is 13.2. The molecule has 1 aliphatic rings. The van der Waals surface area contributed by atoms with Gasteiger partial charge in [-0.05, 0) is 36.4 Å². The van der Waals surface area contributed by atoms with Crippen molar-refractivity contribution in [3.63, 3.8) is 0 Å². The van der Waals surface area contributed by atoms with E-state index in [-0.39, 0.29) is 16.3 Å². The fourth-order valence-corrected chi connectivity index (χ4v) is 4.40. The van der Waals surface area contributed by atoms with Crippen LogP contribution in [0.4, 0.5) is 11.4 Å². The number of sulfonamides is 1. The minimum atomic E-state index is -3.95. The highest BCUT2D eigenvalue weighted by Crippen LogP contribution is 2.29. The molecule has 2 aromatic carbocycles. The number of allylic oxidation sites excluding steroid dienone is 2. The van der Waals surface area contributed by atoms with Crippen molar-refractivity contribution in [2.75, 3.05) is 17.6 Å². The lowest BCUT2D eigenvalue weighted by atomic mass is 10.2. The lowest BCUT2D eigenvalue weighted by molar-refractivity contribution is -0.384. The maximum Gasteiger partial charge on any atom is 0.293 e. The Bertz CT molecular complexity index is 1010. The Morgan fingerprint density at radius 2 is 1.93 bits per heavy atom. The van der Waals surface area contributed by atoms with Gasteiger partial charge in [-0.3, -0.25) is 15.5 Å². The van der Waals surface area contributed by atoms with E-state index < -0.39 is 14.9 Å². The summed E-state index contributed by atoms with van der Waals surface area (Å²) in [7, 11) is -3.95. The van der Waals surface area contributed by atoms with Crippen molar-refractivity contribution in [1.29, 1.82) is 0 Å². The van der Waals surface area contributed by atoms with Gasteiger partial charge in [0.05, 0.1) is 9.82 Å². The maximum absolute atomic E-state index is 12.6. The average molecular weight is 419 g/mol. The molecule has 0 atom stereocenters. The van der Waals surface area contributed by atoms with Gasteiger partial charge in [0.2, 0.25) is 0 Å². The minimum Gasteiger partial charge on any atom is -0.379 e. The number of hydrogen-bond donors (Lipinski definition) is 2. The molecule has 0 fully saturated rings. The second-order valence-electron chi connectivity index (χ2n) is 5.65. The number of benzene rings is 2. The number of nitrogens with one attached hydrogen (secondary N) is 2. The monoisotopic (exact) mass is 418 g/mol. The Morgan fingerprint density at radius 3 is 2.61 bits per heavy atom. The minimum absolute atomic E-state index is 0.170. The summed E-state index contributed by atoms with van der Waals surface area (Å²) < 4.78 is 26.1. The first-order valence-electron chi connectivity index (χ1n) is 8.32. The first-order chi connectivity index (χ1) is 13.5. The molecule has 0 aliphatic carbocycles. The van der Waals surface area contributed by atoms with E-state index in [1.165, 1.54) is 24.5 Å². The number of rotatable bonds is 8. The summed E-state index contributed by atoms with van der Waals surface area (Å²) in [6.07, 6.45) is 5.96. The first kappa shape index (κ1) is 19.8. The van der Waals surface area contributed by atoms with Gasteiger partial charge >= 0.3 is 0 Å². The molecule has 8 nitrogen and oxygen atoms in total. The number of hydrogen-bond acceptors (Lipinski definition) is 7. The van der Waals surface area contributed by atoms with Crippen LogP contribution < -0.4 is 10.7 Å². The second kappa shape index (κ2) is 8.81. The SMILES string of the molecule is O=[N+]([O-])c1cc(S(=O)(=O)N2C=CC=CN2)ccc1NCCSc1ccccc1. The van der Waals surface area contributed by atoms with Crippen LogP contribution in [0.2, 0.25) is 0 Å². The summed E-state index contributed by atoms with van der Waals surface area (Å²) in [6, 6.07) is 13.6. The number of hydrazine groups is 1. The molecule has 28 heavy (non-hydrogen) atoms. The average Bonchev–Trinajstić information content (AvgIpc) is 2.72. The van der Waals surface area contributed by atoms with Gasteiger partial charge in [-0.15, -0.1) is 11.8 Å². The molecule has 0 saturated heterocycles. The van der Waals surface area contributed by atoms with E-state index in [2.05, 4.69) is 10.7 Å². The molecule has 146 valence electrons. The summed E-state index contributed by atoms with van der Waals surface area (Å²) in [4.78, 5) is 11.8. The number of nitro benzene ring substituents is 1. The van der Waals surface area contributed by atoms with Crippen molar-refractivity contribution in [3.8, 4) is 0 Å². The molecule has 0 aromatic heterocycles. The Morgan fingerprint density at radius 1 is 1.14 bits per heavy atom. The molecule has 1 heterocycles.